The molecule has 2 aliphatic rings. The highest BCUT2D eigenvalue weighted by Crippen LogP contribution is 2.29. The number of imide groups is 1. The molecule has 148 valence electrons. The first-order valence-corrected chi connectivity index (χ1v) is 10.6. The summed E-state index contributed by atoms with van der Waals surface area (Å²) >= 11 is 7.53. The van der Waals surface area contributed by atoms with Crippen LogP contribution in [-0.2, 0) is 9.59 Å². The number of rotatable bonds is 3. The molecule has 0 saturated carbocycles. The molecular formula is C21H18ClN3O3S. The van der Waals surface area contributed by atoms with Gasteiger partial charge in [0.05, 0.1) is 17.4 Å². The van der Waals surface area contributed by atoms with Gasteiger partial charge in [-0.05, 0) is 55.5 Å². The van der Waals surface area contributed by atoms with E-state index >= 15 is 0 Å². The van der Waals surface area contributed by atoms with Crippen LogP contribution in [0.1, 0.15) is 30.1 Å². The summed E-state index contributed by atoms with van der Waals surface area (Å²) < 4.78 is 0. The van der Waals surface area contributed by atoms with E-state index in [4.69, 9.17) is 11.6 Å². The summed E-state index contributed by atoms with van der Waals surface area (Å²) in [7, 11) is 0. The van der Waals surface area contributed by atoms with Crippen molar-refractivity contribution in [3.63, 3.8) is 0 Å². The van der Waals surface area contributed by atoms with E-state index in [1.54, 1.807) is 53.4 Å². The number of hydrogen-bond acceptors (Lipinski definition) is 5. The van der Waals surface area contributed by atoms with Crippen LogP contribution in [0.4, 0.5) is 11.4 Å². The molecule has 4 rings (SSSR count). The Bertz CT molecular complexity index is 989. The highest BCUT2D eigenvalue weighted by molar-refractivity contribution is 8.14. The van der Waals surface area contributed by atoms with E-state index in [1.165, 1.54) is 16.7 Å². The van der Waals surface area contributed by atoms with E-state index in [-0.39, 0.29) is 36.6 Å². The predicted octanol–water partition coefficient (Wildman–Crippen LogP) is 4.13. The van der Waals surface area contributed by atoms with Crippen molar-refractivity contribution in [3.05, 3.63) is 59.1 Å². The first-order valence-electron chi connectivity index (χ1n) is 9.20. The molecule has 3 amide bonds. The third kappa shape index (κ3) is 3.93. The third-order valence-corrected chi connectivity index (χ3v) is 6.13. The predicted molar refractivity (Wildman–Crippen MR) is 116 cm³/mol. The van der Waals surface area contributed by atoms with Gasteiger partial charge in [0.1, 0.15) is 0 Å². The summed E-state index contributed by atoms with van der Waals surface area (Å²) in [6.07, 6.45) is 0.443. The van der Waals surface area contributed by atoms with E-state index in [2.05, 4.69) is 4.99 Å². The smallest absolute Gasteiger partial charge is 0.264 e. The molecule has 0 radical (unpaired) electrons. The number of anilines is 2. The Morgan fingerprint density at radius 1 is 1.07 bits per heavy atom. The minimum Gasteiger partial charge on any atom is -0.274 e. The van der Waals surface area contributed by atoms with Gasteiger partial charge in [0.15, 0.2) is 5.17 Å². The van der Waals surface area contributed by atoms with E-state index in [0.29, 0.717) is 27.1 Å². The average Bonchev–Trinajstić information content (AvgIpc) is 3.28. The van der Waals surface area contributed by atoms with Crippen LogP contribution in [0.5, 0.6) is 0 Å². The van der Waals surface area contributed by atoms with Crippen LogP contribution >= 0.6 is 23.4 Å². The van der Waals surface area contributed by atoms with Gasteiger partial charge >= 0.3 is 0 Å². The zero-order valence-corrected chi connectivity index (χ0v) is 17.2. The molecule has 1 atom stereocenters. The largest absolute Gasteiger partial charge is 0.274 e. The fourth-order valence-corrected chi connectivity index (χ4v) is 4.39. The van der Waals surface area contributed by atoms with Crippen LogP contribution in [0.15, 0.2) is 53.5 Å². The quantitative estimate of drug-likeness (QED) is 0.690. The number of halogens is 1. The molecule has 8 heteroatoms. The summed E-state index contributed by atoms with van der Waals surface area (Å²) in [4.78, 5) is 44.5. The topological polar surface area (TPSA) is 70.1 Å². The molecule has 0 spiro atoms. The van der Waals surface area contributed by atoms with Gasteiger partial charge < -0.3 is 0 Å². The third-order valence-electron chi connectivity index (χ3n) is 4.69. The van der Waals surface area contributed by atoms with Crippen LogP contribution in [0.3, 0.4) is 0 Å². The van der Waals surface area contributed by atoms with Gasteiger partial charge in [-0.1, -0.05) is 23.4 Å². The van der Waals surface area contributed by atoms with Crippen molar-refractivity contribution in [1.82, 2.24) is 0 Å². The zero-order chi connectivity index (χ0) is 20.5. The van der Waals surface area contributed by atoms with Gasteiger partial charge in [-0.15, -0.1) is 0 Å². The fraction of sp³-hybridized carbons (Fsp3) is 0.238. The molecule has 1 saturated heterocycles. The van der Waals surface area contributed by atoms with E-state index in [1.807, 2.05) is 6.92 Å². The minimum atomic E-state index is -0.238. The Labute approximate surface area is 177 Å². The summed E-state index contributed by atoms with van der Waals surface area (Å²) in [6.45, 7) is 2.00. The van der Waals surface area contributed by atoms with Crippen molar-refractivity contribution in [2.24, 2.45) is 4.99 Å². The normalized spacial score (nSPS) is 18.9. The lowest BCUT2D eigenvalue weighted by Crippen LogP contribution is -2.34. The van der Waals surface area contributed by atoms with Crippen molar-refractivity contribution < 1.29 is 14.4 Å². The molecule has 0 aliphatic carbocycles. The van der Waals surface area contributed by atoms with Gasteiger partial charge in [-0.3, -0.25) is 29.2 Å². The van der Waals surface area contributed by atoms with Gasteiger partial charge in [0, 0.05) is 29.2 Å². The summed E-state index contributed by atoms with van der Waals surface area (Å²) in [5.74, 6) is 0.133. The molecule has 0 unspecified atom stereocenters. The summed E-state index contributed by atoms with van der Waals surface area (Å²) in [6, 6.07) is 13.7. The maximum atomic E-state index is 13.3. The van der Waals surface area contributed by atoms with Crippen LogP contribution in [0.25, 0.3) is 0 Å². The Morgan fingerprint density at radius 2 is 1.69 bits per heavy atom. The first-order chi connectivity index (χ1) is 13.9. The Kier molecular flexibility index (Phi) is 5.43. The number of nitrogens with zero attached hydrogens (tertiary/aromatic N) is 3. The molecule has 2 aliphatic heterocycles. The molecule has 0 N–H and O–H groups in total. The molecule has 1 fully saturated rings. The average molecular weight is 428 g/mol. The Balaban J connectivity index is 1.65. The van der Waals surface area contributed by atoms with Gasteiger partial charge in [-0.25, -0.2) is 0 Å². The van der Waals surface area contributed by atoms with Crippen molar-refractivity contribution >= 4 is 57.6 Å². The number of benzene rings is 2. The molecular weight excluding hydrogens is 410 g/mol. The van der Waals surface area contributed by atoms with Crippen LogP contribution in [0.2, 0.25) is 5.02 Å². The van der Waals surface area contributed by atoms with Crippen molar-refractivity contribution in [2.75, 3.05) is 15.6 Å². The standard InChI is InChI=1S/C21H18ClN3O3S/c1-13-12-29-21(23-13)25(17-8-4-15(22)5-9-17)20(28)14-2-6-16(7-3-14)24-18(26)10-11-19(24)27/h2-9,13H,10-12H2,1H3/t13-/m1/s1. The highest BCUT2D eigenvalue weighted by Gasteiger charge is 2.31. The molecule has 2 aromatic rings. The molecule has 6 nitrogen and oxygen atoms in total. The van der Waals surface area contributed by atoms with Gasteiger partial charge in [0.2, 0.25) is 11.8 Å². The number of thioether (sulfide) groups is 1. The second-order valence-corrected chi connectivity index (χ2v) is 8.28. The monoisotopic (exact) mass is 427 g/mol. The lowest BCUT2D eigenvalue weighted by atomic mass is 10.1. The first kappa shape index (κ1) is 19.7. The fourth-order valence-electron chi connectivity index (χ4n) is 3.23. The number of hydrogen-bond donors (Lipinski definition) is 0. The van der Waals surface area contributed by atoms with Crippen LogP contribution < -0.4 is 9.80 Å². The molecule has 29 heavy (non-hydrogen) atoms. The number of amides is 3. The number of carbonyl (C=O) groups is 3. The summed E-state index contributed by atoms with van der Waals surface area (Å²) in [5.41, 5.74) is 1.59. The lowest BCUT2D eigenvalue weighted by molar-refractivity contribution is -0.121. The van der Waals surface area contributed by atoms with E-state index in [9.17, 15) is 14.4 Å². The number of aliphatic imine (C=N–C) groups is 1. The maximum Gasteiger partial charge on any atom is 0.264 e. The number of amidine groups is 1. The zero-order valence-electron chi connectivity index (χ0n) is 15.7. The van der Waals surface area contributed by atoms with Crippen molar-refractivity contribution in [3.8, 4) is 0 Å². The molecule has 2 heterocycles. The maximum absolute atomic E-state index is 13.3. The van der Waals surface area contributed by atoms with Gasteiger partial charge in [0.25, 0.3) is 5.91 Å². The summed E-state index contributed by atoms with van der Waals surface area (Å²) in [5, 5.41) is 1.22. The van der Waals surface area contributed by atoms with Crippen LogP contribution in [0, 0.1) is 0 Å². The van der Waals surface area contributed by atoms with Crippen LogP contribution in [-0.4, -0.2) is 34.7 Å². The Hall–Kier alpha value is -2.64. The van der Waals surface area contributed by atoms with Gasteiger partial charge in [-0.2, -0.15) is 0 Å². The van der Waals surface area contributed by atoms with E-state index < -0.39 is 0 Å². The second kappa shape index (κ2) is 8.00. The van der Waals surface area contributed by atoms with Crippen molar-refractivity contribution in [1.29, 1.82) is 0 Å². The molecule has 0 bridgehead atoms. The van der Waals surface area contributed by atoms with Crippen molar-refractivity contribution in [2.45, 2.75) is 25.8 Å². The molecule has 0 aromatic heterocycles. The van der Waals surface area contributed by atoms with E-state index in [0.717, 1.165) is 5.75 Å². The minimum absolute atomic E-state index is 0.132. The lowest BCUT2D eigenvalue weighted by Gasteiger charge is -2.22. The number of carbonyl (C=O) groups excluding carboxylic acids is 3. The molecule has 2 aromatic carbocycles. The Morgan fingerprint density at radius 3 is 2.24 bits per heavy atom. The highest BCUT2D eigenvalue weighted by atomic mass is 35.5. The SMILES string of the molecule is C[C@@H]1CSC(N(C(=O)c2ccc(N3C(=O)CCC3=O)cc2)c2ccc(Cl)cc2)=N1. The second-order valence-electron chi connectivity index (χ2n) is 6.86.